The second-order valence-corrected chi connectivity index (χ2v) is 6.60. The lowest BCUT2D eigenvalue weighted by Crippen LogP contribution is -2.41. The van der Waals surface area contributed by atoms with Crippen LogP contribution in [-0.2, 0) is 6.54 Å². The standard InChI is InChI=1S/C16H29N5/c1-3-7-21-12-18-10-16(21)15(9-17)20-8-6-13-4-5-14(11-20)19(13)2/h10,12-15H,3-9,11,17H2,1-2H3. The van der Waals surface area contributed by atoms with Gasteiger partial charge in [-0.15, -0.1) is 0 Å². The van der Waals surface area contributed by atoms with Crippen LogP contribution < -0.4 is 5.73 Å². The van der Waals surface area contributed by atoms with Crippen molar-refractivity contribution in [2.24, 2.45) is 5.73 Å². The number of fused-ring (bicyclic) bond motifs is 2. The largest absolute Gasteiger partial charge is 0.333 e. The maximum absolute atomic E-state index is 6.15. The number of likely N-dealkylation sites (tertiary alicyclic amines) is 1. The van der Waals surface area contributed by atoms with Crippen LogP contribution in [0.25, 0.3) is 0 Å². The quantitative estimate of drug-likeness (QED) is 0.892. The third-order valence-corrected chi connectivity index (χ3v) is 5.39. The molecule has 3 atom stereocenters. The number of aryl methyl sites for hydroxylation is 1. The van der Waals surface area contributed by atoms with Gasteiger partial charge < -0.3 is 10.3 Å². The zero-order valence-electron chi connectivity index (χ0n) is 13.4. The molecule has 118 valence electrons. The summed E-state index contributed by atoms with van der Waals surface area (Å²) in [5.74, 6) is 0. The lowest BCUT2D eigenvalue weighted by atomic mass is 10.1. The number of imidazole rings is 1. The van der Waals surface area contributed by atoms with Crippen molar-refractivity contribution in [3.8, 4) is 0 Å². The maximum atomic E-state index is 6.15. The van der Waals surface area contributed by atoms with Crippen molar-refractivity contribution < 1.29 is 0 Å². The van der Waals surface area contributed by atoms with Gasteiger partial charge in [-0.1, -0.05) is 6.92 Å². The van der Waals surface area contributed by atoms with Crippen molar-refractivity contribution in [3.05, 3.63) is 18.2 Å². The molecular weight excluding hydrogens is 262 g/mol. The minimum Gasteiger partial charge on any atom is -0.333 e. The topological polar surface area (TPSA) is 50.3 Å². The molecule has 0 saturated carbocycles. The highest BCUT2D eigenvalue weighted by molar-refractivity contribution is 5.08. The van der Waals surface area contributed by atoms with Gasteiger partial charge in [-0.3, -0.25) is 9.80 Å². The second-order valence-electron chi connectivity index (χ2n) is 6.60. The highest BCUT2D eigenvalue weighted by Crippen LogP contribution is 2.32. The van der Waals surface area contributed by atoms with E-state index in [0.717, 1.165) is 32.1 Å². The maximum Gasteiger partial charge on any atom is 0.0948 e. The number of nitrogens with zero attached hydrogens (tertiary/aromatic N) is 4. The van der Waals surface area contributed by atoms with E-state index in [4.69, 9.17) is 5.73 Å². The van der Waals surface area contributed by atoms with E-state index in [-0.39, 0.29) is 0 Å². The number of likely N-dealkylation sites (N-methyl/N-ethyl adjacent to an activating group) is 1. The van der Waals surface area contributed by atoms with Crippen LogP contribution in [-0.4, -0.2) is 58.1 Å². The normalized spacial score (nSPS) is 28.7. The van der Waals surface area contributed by atoms with E-state index < -0.39 is 0 Å². The first-order valence-corrected chi connectivity index (χ1v) is 8.40. The Kier molecular flexibility index (Phi) is 4.62. The molecule has 5 heteroatoms. The molecule has 3 unspecified atom stereocenters. The molecule has 0 radical (unpaired) electrons. The number of aromatic nitrogens is 2. The van der Waals surface area contributed by atoms with Crippen LogP contribution in [0.4, 0.5) is 0 Å². The minimum atomic E-state index is 0.312. The van der Waals surface area contributed by atoms with Crippen LogP contribution in [0, 0.1) is 0 Å². The van der Waals surface area contributed by atoms with Gasteiger partial charge in [0, 0.05) is 44.5 Å². The van der Waals surface area contributed by atoms with E-state index in [9.17, 15) is 0 Å². The molecule has 2 aliphatic heterocycles. The van der Waals surface area contributed by atoms with Crippen molar-refractivity contribution in [3.63, 3.8) is 0 Å². The molecule has 2 N–H and O–H groups in total. The van der Waals surface area contributed by atoms with Crippen LogP contribution in [0.2, 0.25) is 0 Å². The van der Waals surface area contributed by atoms with Crippen LogP contribution >= 0.6 is 0 Å². The third-order valence-electron chi connectivity index (χ3n) is 5.39. The molecule has 0 amide bonds. The Morgan fingerprint density at radius 3 is 2.90 bits per heavy atom. The Balaban J connectivity index is 1.78. The summed E-state index contributed by atoms with van der Waals surface area (Å²) in [5.41, 5.74) is 7.44. The summed E-state index contributed by atoms with van der Waals surface area (Å²) in [6, 6.07) is 1.79. The van der Waals surface area contributed by atoms with Crippen molar-refractivity contribution in [2.75, 3.05) is 26.7 Å². The van der Waals surface area contributed by atoms with Gasteiger partial charge in [0.2, 0.25) is 0 Å². The Labute approximate surface area is 128 Å². The van der Waals surface area contributed by atoms with E-state index in [1.54, 1.807) is 0 Å². The van der Waals surface area contributed by atoms with Crippen LogP contribution in [0.1, 0.15) is 44.3 Å². The van der Waals surface area contributed by atoms with E-state index >= 15 is 0 Å². The Morgan fingerprint density at radius 1 is 1.33 bits per heavy atom. The summed E-state index contributed by atoms with van der Waals surface area (Å²) in [7, 11) is 2.30. The average Bonchev–Trinajstić information content (AvgIpc) is 3.00. The molecule has 3 rings (SSSR count). The minimum absolute atomic E-state index is 0.312. The van der Waals surface area contributed by atoms with Gasteiger partial charge in [0.1, 0.15) is 0 Å². The average molecular weight is 291 g/mol. The molecule has 2 bridgehead atoms. The third kappa shape index (κ3) is 2.87. The first-order valence-electron chi connectivity index (χ1n) is 8.40. The predicted molar refractivity (Wildman–Crippen MR) is 85.1 cm³/mol. The molecule has 1 aromatic heterocycles. The molecule has 21 heavy (non-hydrogen) atoms. The molecule has 2 fully saturated rings. The molecule has 3 heterocycles. The summed E-state index contributed by atoms with van der Waals surface area (Å²) in [4.78, 5) is 9.56. The van der Waals surface area contributed by atoms with Crippen molar-refractivity contribution >= 4 is 0 Å². The Bertz CT molecular complexity index is 457. The van der Waals surface area contributed by atoms with E-state index in [2.05, 4.69) is 33.3 Å². The summed E-state index contributed by atoms with van der Waals surface area (Å²) in [5, 5.41) is 0. The molecule has 0 aromatic carbocycles. The highest BCUT2D eigenvalue weighted by Gasteiger charge is 2.37. The van der Waals surface area contributed by atoms with Gasteiger partial charge in [-0.05, 0) is 32.7 Å². The lowest BCUT2D eigenvalue weighted by molar-refractivity contribution is 0.169. The van der Waals surface area contributed by atoms with Gasteiger partial charge in [0.15, 0.2) is 0 Å². The van der Waals surface area contributed by atoms with E-state index in [1.165, 1.54) is 25.0 Å². The Morgan fingerprint density at radius 2 is 2.14 bits per heavy atom. The van der Waals surface area contributed by atoms with Crippen LogP contribution in [0.15, 0.2) is 12.5 Å². The molecule has 0 spiro atoms. The van der Waals surface area contributed by atoms with Gasteiger partial charge >= 0.3 is 0 Å². The molecule has 0 aliphatic carbocycles. The summed E-state index contributed by atoms with van der Waals surface area (Å²) in [6.45, 7) is 6.22. The monoisotopic (exact) mass is 291 g/mol. The van der Waals surface area contributed by atoms with E-state index in [0.29, 0.717) is 18.6 Å². The zero-order chi connectivity index (χ0) is 14.8. The summed E-state index contributed by atoms with van der Waals surface area (Å²) in [6.07, 6.45) is 9.08. The second kappa shape index (κ2) is 6.46. The van der Waals surface area contributed by atoms with E-state index in [1.807, 2.05) is 12.5 Å². The fraction of sp³-hybridized carbons (Fsp3) is 0.812. The lowest BCUT2D eigenvalue weighted by Gasteiger charge is -2.33. The van der Waals surface area contributed by atoms with Gasteiger partial charge in [-0.25, -0.2) is 4.98 Å². The molecule has 2 aliphatic rings. The first-order chi connectivity index (χ1) is 10.2. The molecule has 2 saturated heterocycles. The predicted octanol–water partition coefficient (Wildman–Crippen LogP) is 1.46. The van der Waals surface area contributed by atoms with Gasteiger partial charge in [0.05, 0.1) is 18.1 Å². The SMILES string of the molecule is CCCn1cncc1C(CN)N1CCC2CCC(C1)N2C. The number of rotatable bonds is 5. The number of nitrogens with two attached hydrogens (primary N) is 1. The van der Waals surface area contributed by atoms with Crippen molar-refractivity contribution in [1.82, 2.24) is 19.4 Å². The van der Waals surface area contributed by atoms with Crippen molar-refractivity contribution in [1.29, 1.82) is 0 Å². The molecular formula is C16H29N5. The number of hydrogen-bond acceptors (Lipinski definition) is 4. The Hall–Kier alpha value is -0.910. The van der Waals surface area contributed by atoms with Crippen LogP contribution in [0.3, 0.4) is 0 Å². The summed E-state index contributed by atoms with van der Waals surface area (Å²) >= 11 is 0. The van der Waals surface area contributed by atoms with Gasteiger partial charge in [-0.2, -0.15) is 0 Å². The summed E-state index contributed by atoms with van der Waals surface area (Å²) < 4.78 is 2.28. The smallest absolute Gasteiger partial charge is 0.0948 e. The zero-order valence-corrected chi connectivity index (χ0v) is 13.4. The fourth-order valence-corrected chi connectivity index (χ4v) is 4.11. The fourth-order valence-electron chi connectivity index (χ4n) is 4.11. The van der Waals surface area contributed by atoms with Gasteiger partial charge in [0.25, 0.3) is 0 Å². The van der Waals surface area contributed by atoms with Crippen molar-refractivity contribution in [2.45, 2.75) is 57.3 Å². The highest BCUT2D eigenvalue weighted by atomic mass is 15.3. The number of hydrogen-bond donors (Lipinski definition) is 1. The molecule has 1 aromatic rings. The van der Waals surface area contributed by atoms with Crippen LogP contribution in [0.5, 0.6) is 0 Å². The molecule has 5 nitrogen and oxygen atoms in total. The first kappa shape index (κ1) is 15.0.